The molecule has 1 aliphatic heterocycles. The van der Waals surface area contributed by atoms with Crippen molar-refractivity contribution in [3.05, 3.63) is 58.7 Å². The highest BCUT2D eigenvalue weighted by Crippen LogP contribution is 2.46. The van der Waals surface area contributed by atoms with Crippen LogP contribution >= 0.6 is 8.60 Å². The summed E-state index contributed by atoms with van der Waals surface area (Å²) in [6.07, 6.45) is 7.90. The second kappa shape index (κ2) is 9.39. The molecule has 2 aromatic rings. The maximum Gasteiger partial charge on any atom is 0.462 e. The first-order chi connectivity index (χ1) is 12.7. The van der Waals surface area contributed by atoms with Crippen molar-refractivity contribution in [2.75, 3.05) is 7.11 Å². The van der Waals surface area contributed by atoms with Gasteiger partial charge in [-0.25, -0.2) is 0 Å². The molecule has 2 aromatic carbocycles. The van der Waals surface area contributed by atoms with Crippen LogP contribution in [-0.2, 0) is 23.8 Å². The van der Waals surface area contributed by atoms with Crippen LogP contribution in [0.4, 0.5) is 0 Å². The smallest absolute Gasteiger partial charge is 0.417 e. The van der Waals surface area contributed by atoms with Gasteiger partial charge in [-0.1, -0.05) is 51.0 Å². The predicted octanol–water partition coefficient (Wildman–Crippen LogP) is 6.61. The zero-order valence-electron chi connectivity index (χ0n) is 16.1. The van der Waals surface area contributed by atoms with Crippen LogP contribution in [0.3, 0.4) is 0 Å². The van der Waals surface area contributed by atoms with E-state index in [0.29, 0.717) is 0 Å². The van der Waals surface area contributed by atoms with Crippen molar-refractivity contribution in [3.63, 3.8) is 0 Å². The van der Waals surface area contributed by atoms with Gasteiger partial charge in [-0.2, -0.15) is 0 Å². The molecule has 1 heterocycles. The highest BCUT2D eigenvalue weighted by atomic mass is 31.2. The van der Waals surface area contributed by atoms with E-state index in [1.54, 1.807) is 7.11 Å². The molecule has 26 heavy (non-hydrogen) atoms. The van der Waals surface area contributed by atoms with Crippen molar-refractivity contribution in [2.45, 2.75) is 58.8 Å². The minimum absolute atomic E-state index is 0.831. The van der Waals surface area contributed by atoms with Gasteiger partial charge in [0, 0.05) is 13.5 Å². The third-order valence-corrected chi connectivity index (χ3v) is 5.75. The number of aryl methyl sites for hydroxylation is 2. The van der Waals surface area contributed by atoms with E-state index in [1.807, 2.05) is 0 Å². The second-order valence-electron chi connectivity index (χ2n) is 6.86. The Bertz CT molecular complexity index is 670. The Morgan fingerprint density at radius 2 is 1.35 bits per heavy atom. The molecular weight excluding hydrogens is 343 g/mol. The third kappa shape index (κ3) is 4.78. The van der Waals surface area contributed by atoms with Crippen LogP contribution in [0.1, 0.15) is 61.8 Å². The molecule has 0 unspecified atom stereocenters. The quantitative estimate of drug-likeness (QED) is 0.512. The fourth-order valence-corrected chi connectivity index (χ4v) is 4.12. The minimum Gasteiger partial charge on any atom is -0.417 e. The molecule has 0 amide bonds. The zero-order valence-corrected chi connectivity index (χ0v) is 17.0. The standard InChI is InChI=1S/C22H29O3P/c1-4-6-8-17-10-12-21-19(14-17)16-20-15-18(9-7-5-2)11-13-22(20)25-26(23-3)24-21/h10-15H,4-9,16H2,1-3H3. The molecule has 3 nitrogen and oxygen atoms in total. The Kier molecular flexibility index (Phi) is 6.93. The van der Waals surface area contributed by atoms with Crippen LogP contribution in [0.25, 0.3) is 0 Å². The molecule has 0 saturated carbocycles. The number of benzene rings is 2. The predicted molar refractivity (Wildman–Crippen MR) is 108 cm³/mol. The molecule has 0 N–H and O–H groups in total. The number of rotatable bonds is 7. The molecule has 3 rings (SSSR count). The lowest BCUT2D eigenvalue weighted by atomic mass is 9.97. The molecular formula is C22H29O3P. The Balaban J connectivity index is 1.94. The van der Waals surface area contributed by atoms with Gasteiger partial charge in [-0.05, 0) is 60.1 Å². The average molecular weight is 372 g/mol. The molecule has 1 aliphatic rings. The van der Waals surface area contributed by atoms with E-state index >= 15 is 0 Å². The molecule has 0 aromatic heterocycles. The normalized spacial score (nSPS) is 13.8. The maximum atomic E-state index is 6.02. The first-order valence-corrected chi connectivity index (χ1v) is 10.8. The molecule has 0 bridgehead atoms. The third-order valence-electron chi connectivity index (χ3n) is 4.76. The van der Waals surface area contributed by atoms with Gasteiger partial charge in [0.1, 0.15) is 11.5 Å². The lowest BCUT2D eigenvalue weighted by Gasteiger charge is -2.23. The highest BCUT2D eigenvalue weighted by molar-refractivity contribution is 7.42. The maximum absolute atomic E-state index is 6.02. The SMILES string of the molecule is CCCCc1ccc2c(c1)Cc1cc(CCCC)ccc1OP(OC)O2. The van der Waals surface area contributed by atoms with E-state index in [9.17, 15) is 0 Å². The first kappa shape index (κ1) is 19.2. The Labute approximate surface area is 158 Å². The summed E-state index contributed by atoms with van der Waals surface area (Å²) in [5, 5.41) is 0. The van der Waals surface area contributed by atoms with Gasteiger partial charge in [-0.15, -0.1) is 0 Å². The van der Waals surface area contributed by atoms with E-state index in [1.165, 1.54) is 47.9 Å². The average Bonchev–Trinajstić information content (AvgIpc) is 2.65. The molecule has 0 saturated heterocycles. The number of hydrogen-bond acceptors (Lipinski definition) is 3. The zero-order chi connectivity index (χ0) is 18.4. The van der Waals surface area contributed by atoms with E-state index in [4.69, 9.17) is 13.6 Å². The van der Waals surface area contributed by atoms with E-state index in [-0.39, 0.29) is 0 Å². The van der Waals surface area contributed by atoms with Crippen molar-refractivity contribution in [1.82, 2.24) is 0 Å². The molecule has 4 heteroatoms. The van der Waals surface area contributed by atoms with Crippen molar-refractivity contribution in [1.29, 1.82) is 0 Å². The second-order valence-corrected chi connectivity index (χ2v) is 8.03. The topological polar surface area (TPSA) is 27.7 Å². The summed E-state index contributed by atoms with van der Waals surface area (Å²) < 4.78 is 17.5. The summed E-state index contributed by atoms with van der Waals surface area (Å²) in [5.74, 6) is 1.76. The Hall–Kier alpha value is -1.57. The highest BCUT2D eigenvalue weighted by Gasteiger charge is 2.23. The molecule has 0 atom stereocenters. The van der Waals surface area contributed by atoms with Gasteiger partial charge < -0.3 is 9.05 Å². The van der Waals surface area contributed by atoms with Crippen LogP contribution < -0.4 is 9.05 Å². The van der Waals surface area contributed by atoms with Gasteiger partial charge in [0.05, 0.1) is 0 Å². The van der Waals surface area contributed by atoms with Gasteiger partial charge >= 0.3 is 8.60 Å². The lowest BCUT2D eigenvalue weighted by molar-refractivity contribution is 0.319. The summed E-state index contributed by atoms with van der Waals surface area (Å²) in [6, 6.07) is 13.1. The number of unbranched alkanes of at least 4 members (excludes halogenated alkanes) is 2. The largest absolute Gasteiger partial charge is 0.462 e. The van der Waals surface area contributed by atoms with E-state index in [0.717, 1.165) is 30.8 Å². The van der Waals surface area contributed by atoms with Crippen molar-refractivity contribution in [2.24, 2.45) is 0 Å². The van der Waals surface area contributed by atoms with Crippen LogP contribution in [0.2, 0.25) is 0 Å². The van der Waals surface area contributed by atoms with Crippen LogP contribution in [0, 0.1) is 0 Å². The Morgan fingerprint density at radius 1 is 0.846 bits per heavy atom. The summed E-state index contributed by atoms with van der Waals surface area (Å²) >= 11 is 0. The van der Waals surface area contributed by atoms with Crippen LogP contribution in [-0.4, -0.2) is 7.11 Å². The molecule has 0 fully saturated rings. The van der Waals surface area contributed by atoms with Crippen molar-refractivity contribution < 1.29 is 13.6 Å². The van der Waals surface area contributed by atoms with Gasteiger partial charge in [-0.3, -0.25) is 4.52 Å². The molecule has 0 spiro atoms. The number of hydrogen-bond donors (Lipinski definition) is 0. The molecule has 0 radical (unpaired) electrons. The summed E-state index contributed by atoms with van der Waals surface area (Å²) in [5.41, 5.74) is 5.20. The van der Waals surface area contributed by atoms with E-state index < -0.39 is 8.60 Å². The van der Waals surface area contributed by atoms with Gasteiger partial charge in [0.2, 0.25) is 0 Å². The minimum atomic E-state index is -1.43. The fraction of sp³-hybridized carbons (Fsp3) is 0.455. The van der Waals surface area contributed by atoms with Crippen molar-refractivity contribution >= 4 is 8.60 Å². The van der Waals surface area contributed by atoms with E-state index in [2.05, 4.69) is 50.2 Å². The van der Waals surface area contributed by atoms with Gasteiger partial charge in [0.25, 0.3) is 0 Å². The lowest BCUT2D eigenvalue weighted by Crippen LogP contribution is -2.07. The summed E-state index contributed by atoms with van der Waals surface area (Å²) in [4.78, 5) is 0. The Morgan fingerprint density at radius 3 is 1.77 bits per heavy atom. The number of fused-ring (bicyclic) bond motifs is 2. The molecule has 0 aliphatic carbocycles. The summed E-state index contributed by atoms with van der Waals surface area (Å²) in [7, 11) is 0.209. The van der Waals surface area contributed by atoms with Crippen LogP contribution in [0.5, 0.6) is 11.5 Å². The summed E-state index contributed by atoms with van der Waals surface area (Å²) in [6.45, 7) is 4.46. The van der Waals surface area contributed by atoms with Crippen LogP contribution in [0.15, 0.2) is 36.4 Å². The monoisotopic (exact) mass is 372 g/mol. The first-order valence-electron chi connectivity index (χ1n) is 9.67. The fourth-order valence-electron chi connectivity index (χ4n) is 3.25. The van der Waals surface area contributed by atoms with Gasteiger partial charge in [0.15, 0.2) is 0 Å². The van der Waals surface area contributed by atoms with Crippen molar-refractivity contribution in [3.8, 4) is 11.5 Å². The molecule has 140 valence electrons.